The molecule has 23 heavy (non-hydrogen) atoms. The molecule has 0 saturated carbocycles. The normalized spacial score (nSPS) is 25.7. The Kier molecular flexibility index (Phi) is 6.00. The smallest absolute Gasteiger partial charge is 0.191 e. The van der Waals surface area contributed by atoms with Gasteiger partial charge in [-0.15, -0.1) is 0 Å². The van der Waals surface area contributed by atoms with Crippen molar-refractivity contribution in [1.29, 1.82) is 0 Å². The van der Waals surface area contributed by atoms with E-state index in [1.807, 2.05) is 18.3 Å². The van der Waals surface area contributed by atoms with Crippen LogP contribution in [0.3, 0.4) is 0 Å². The summed E-state index contributed by atoms with van der Waals surface area (Å²) in [5.74, 6) is 0.127. The fourth-order valence-electron chi connectivity index (χ4n) is 2.75. The molecule has 1 saturated heterocycles. The van der Waals surface area contributed by atoms with Crippen LogP contribution in [0.25, 0.3) is 0 Å². The molecule has 1 aliphatic rings. The van der Waals surface area contributed by atoms with E-state index in [9.17, 15) is 5.11 Å². The fourth-order valence-corrected chi connectivity index (χ4v) is 3.83. The standard InChI is InChI=1S/C18H31NO3Si/c1-18(2,3)23(4,5)22-11-7-9-15-16(20)13-21-17(15)14-8-6-10-19-12-14/h6,8,10,12,15-17,20H,7,9,11,13H2,1-5H3/t15-,16+,17+/m1/s1. The zero-order valence-electron chi connectivity index (χ0n) is 15.1. The van der Waals surface area contributed by atoms with Gasteiger partial charge in [0.05, 0.1) is 18.8 Å². The number of nitrogens with zero attached hydrogens (tertiary/aromatic N) is 1. The summed E-state index contributed by atoms with van der Waals surface area (Å²) in [6.07, 6.45) is 5.02. The van der Waals surface area contributed by atoms with Crippen LogP contribution >= 0.6 is 0 Å². The Bertz CT molecular complexity index is 487. The van der Waals surface area contributed by atoms with Crippen molar-refractivity contribution in [3.8, 4) is 0 Å². The maximum atomic E-state index is 10.2. The first-order valence-electron chi connectivity index (χ1n) is 8.56. The Labute approximate surface area is 141 Å². The largest absolute Gasteiger partial charge is 0.417 e. The molecule has 0 radical (unpaired) electrons. The number of rotatable bonds is 6. The zero-order chi connectivity index (χ0) is 17.1. The SMILES string of the molecule is CC(C)(C)[Si](C)(C)OCCC[C@@H]1[C@@H](O)CO[C@H]1c1cccnc1. The molecule has 130 valence electrons. The molecule has 0 bridgehead atoms. The van der Waals surface area contributed by atoms with Crippen LogP contribution in [0.4, 0.5) is 0 Å². The molecule has 5 heteroatoms. The third kappa shape index (κ3) is 4.63. The molecule has 0 aromatic carbocycles. The number of aliphatic hydroxyl groups excluding tert-OH is 1. The minimum Gasteiger partial charge on any atom is -0.417 e. The van der Waals surface area contributed by atoms with Crippen LogP contribution in [0, 0.1) is 5.92 Å². The van der Waals surface area contributed by atoms with Crippen molar-refractivity contribution in [1.82, 2.24) is 4.98 Å². The first-order chi connectivity index (χ1) is 10.7. The van der Waals surface area contributed by atoms with Gasteiger partial charge in [0.2, 0.25) is 0 Å². The van der Waals surface area contributed by atoms with Crippen LogP contribution in [-0.4, -0.2) is 37.7 Å². The molecule has 0 spiro atoms. The molecule has 4 nitrogen and oxygen atoms in total. The molecule has 0 amide bonds. The van der Waals surface area contributed by atoms with Crippen molar-refractivity contribution >= 4 is 8.32 Å². The molecule has 1 aromatic rings. The predicted molar refractivity (Wildman–Crippen MR) is 94.8 cm³/mol. The molecule has 1 aromatic heterocycles. The van der Waals surface area contributed by atoms with Gasteiger partial charge in [0, 0.05) is 24.9 Å². The minimum atomic E-state index is -1.68. The van der Waals surface area contributed by atoms with Crippen LogP contribution in [0.2, 0.25) is 18.1 Å². The van der Waals surface area contributed by atoms with Crippen molar-refractivity contribution in [3.05, 3.63) is 30.1 Å². The summed E-state index contributed by atoms with van der Waals surface area (Å²) in [4.78, 5) is 4.16. The quantitative estimate of drug-likeness (QED) is 0.631. The van der Waals surface area contributed by atoms with Gasteiger partial charge >= 0.3 is 0 Å². The summed E-state index contributed by atoms with van der Waals surface area (Å²) < 4.78 is 12.0. The number of hydrogen-bond acceptors (Lipinski definition) is 4. The minimum absolute atomic E-state index is 0.0495. The van der Waals surface area contributed by atoms with Gasteiger partial charge < -0.3 is 14.3 Å². The summed E-state index contributed by atoms with van der Waals surface area (Å²) in [5, 5.41) is 10.5. The first-order valence-corrected chi connectivity index (χ1v) is 11.5. The maximum Gasteiger partial charge on any atom is 0.191 e. The van der Waals surface area contributed by atoms with Crippen LogP contribution in [-0.2, 0) is 9.16 Å². The Morgan fingerprint density at radius 1 is 1.39 bits per heavy atom. The van der Waals surface area contributed by atoms with E-state index in [0.717, 1.165) is 25.0 Å². The van der Waals surface area contributed by atoms with E-state index in [0.29, 0.717) is 6.61 Å². The molecule has 1 aliphatic heterocycles. The Hall–Kier alpha value is -0.753. The summed E-state index contributed by atoms with van der Waals surface area (Å²) in [6, 6.07) is 3.94. The molecule has 0 aliphatic carbocycles. The third-order valence-electron chi connectivity index (χ3n) is 5.29. The number of pyridine rings is 1. The van der Waals surface area contributed by atoms with E-state index in [2.05, 4.69) is 38.8 Å². The Balaban J connectivity index is 1.86. The summed E-state index contributed by atoms with van der Waals surface area (Å²) >= 11 is 0. The van der Waals surface area contributed by atoms with Crippen LogP contribution < -0.4 is 0 Å². The molecule has 0 unspecified atom stereocenters. The van der Waals surface area contributed by atoms with Gasteiger partial charge in [0.25, 0.3) is 0 Å². The number of ether oxygens (including phenoxy) is 1. The second-order valence-corrected chi connectivity index (χ2v) is 12.8. The lowest BCUT2D eigenvalue weighted by atomic mass is 9.90. The third-order valence-corrected chi connectivity index (χ3v) is 9.83. The van der Waals surface area contributed by atoms with Gasteiger partial charge in [-0.3, -0.25) is 4.98 Å². The monoisotopic (exact) mass is 337 g/mol. The molecule has 3 atom stereocenters. The highest BCUT2D eigenvalue weighted by atomic mass is 28.4. The molecular weight excluding hydrogens is 306 g/mol. The number of aliphatic hydroxyl groups is 1. The first kappa shape index (κ1) is 18.6. The fraction of sp³-hybridized carbons (Fsp3) is 0.722. The highest BCUT2D eigenvalue weighted by molar-refractivity contribution is 6.74. The molecule has 1 fully saturated rings. The van der Waals surface area contributed by atoms with E-state index >= 15 is 0 Å². The van der Waals surface area contributed by atoms with Gasteiger partial charge in [-0.25, -0.2) is 0 Å². The molecule has 2 heterocycles. The van der Waals surface area contributed by atoms with E-state index in [-0.39, 0.29) is 17.1 Å². The average Bonchev–Trinajstić information content (AvgIpc) is 2.84. The Morgan fingerprint density at radius 2 is 2.13 bits per heavy atom. The van der Waals surface area contributed by atoms with Crippen molar-refractivity contribution < 1.29 is 14.3 Å². The second-order valence-electron chi connectivity index (χ2n) is 8.02. The van der Waals surface area contributed by atoms with Crippen LogP contribution in [0.1, 0.15) is 45.3 Å². The molecule has 2 rings (SSSR count). The topological polar surface area (TPSA) is 51.6 Å². The number of hydrogen-bond donors (Lipinski definition) is 1. The van der Waals surface area contributed by atoms with Crippen molar-refractivity contribution in [3.63, 3.8) is 0 Å². The lowest BCUT2D eigenvalue weighted by Crippen LogP contribution is -2.41. The number of aromatic nitrogens is 1. The van der Waals surface area contributed by atoms with Gasteiger partial charge in [-0.1, -0.05) is 26.8 Å². The average molecular weight is 338 g/mol. The lowest BCUT2D eigenvalue weighted by molar-refractivity contribution is 0.0840. The summed E-state index contributed by atoms with van der Waals surface area (Å²) in [7, 11) is -1.68. The maximum absolute atomic E-state index is 10.2. The highest BCUT2D eigenvalue weighted by Gasteiger charge is 2.38. The molecule has 1 N–H and O–H groups in total. The van der Waals surface area contributed by atoms with Gasteiger partial charge in [0.1, 0.15) is 0 Å². The van der Waals surface area contributed by atoms with E-state index in [4.69, 9.17) is 9.16 Å². The van der Waals surface area contributed by atoms with E-state index in [1.165, 1.54) is 0 Å². The van der Waals surface area contributed by atoms with Gasteiger partial charge in [-0.05, 0) is 42.6 Å². The summed E-state index contributed by atoms with van der Waals surface area (Å²) in [5.41, 5.74) is 1.05. The van der Waals surface area contributed by atoms with Crippen molar-refractivity contribution in [2.75, 3.05) is 13.2 Å². The van der Waals surface area contributed by atoms with E-state index < -0.39 is 14.4 Å². The lowest BCUT2D eigenvalue weighted by Gasteiger charge is -2.36. The zero-order valence-corrected chi connectivity index (χ0v) is 16.1. The predicted octanol–water partition coefficient (Wildman–Crippen LogP) is 3.93. The van der Waals surface area contributed by atoms with Crippen LogP contribution in [0.5, 0.6) is 0 Å². The van der Waals surface area contributed by atoms with Crippen LogP contribution in [0.15, 0.2) is 24.5 Å². The van der Waals surface area contributed by atoms with Crippen molar-refractivity contribution in [2.24, 2.45) is 5.92 Å². The van der Waals surface area contributed by atoms with Gasteiger partial charge in [0.15, 0.2) is 8.32 Å². The van der Waals surface area contributed by atoms with E-state index in [1.54, 1.807) is 6.20 Å². The van der Waals surface area contributed by atoms with Crippen molar-refractivity contribution in [2.45, 2.75) is 64.0 Å². The van der Waals surface area contributed by atoms with Gasteiger partial charge in [-0.2, -0.15) is 0 Å². The summed E-state index contributed by atoms with van der Waals surface area (Å²) in [6.45, 7) is 12.5. The second kappa shape index (κ2) is 7.43. The Morgan fingerprint density at radius 3 is 2.74 bits per heavy atom. The molecular formula is C18H31NO3Si. The highest BCUT2D eigenvalue weighted by Crippen LogP contribution is 2.39.